The minimum atomic E-state index is -0.0985. The highest BCUT2D eigenvalue weighted by Gasteiger charge is 2.06. The van der Waals surface area contributed by atoms with Crippen LogP contribution in [-0.4, -0.2) is 13.7 Å². The summed E-state index contributed by atoms with van der Waals surface area (Å²) in [6.07, 6.45) is 0. The summed E-state index contributed by atoms with van der Waals surface area (Å²) < 4.78 is 5.81. The average Bonchev–Trinajstić information content (AvgIpc) is 2.10. The first-order chi connectivity index (χ1) is 6.15. The van der Waals surface area contributed by atoms with Crippen molar-refractivity contribution in [2.45, 2.75) is 6.04 Å². The molecule has 13 heavy (non-hydrogen) atoms. The lowest BCUT2D eigenvalue weighted by Crippen LogP contribution is -2.15. The zero-order chi connectivity index (χ0) is 9.84. The smallest absolute Gasteiger partial charge is 0.0655 e. The van der Waals surface area contributed by atoms with Gasteiger partial charge >= 0.3 is 0 Å². The molecule has 1 aromatic rings. The van der Waals surface area contributed by atoms with Gasteiger partial charge in [0.15, 0.2) is 0 Å². The molecule has 0 saturated heterocycles. The fourth-order valence-corrected chi connectivity index (χ4v) is 1.53. The lowest BCUT2D eigenvalue weighted by molar-refractivity contribution is 0.181. The van der Waals surface area contributed by atoms with E-state index in [0.29, 0.717) is 11.6 Å². The van der Waals surface area contributed by atoms with E-state index in [9.17, 15) is 0 Å². The molecular weight excluding hydrogens is 253 g/mol. The Hall–Kier alpha value is -0.0900. The SMILES string of the molecule is COCC(N)c1ccc(Cl)c(Br)c1. The number of halogens is 2. The van der Waals surface area contributed by atoms with Gasteiger partial charge in [-0.05, 0) is 33.6 Å². The molecule has 2 nitrogen and oxygen atoms in total. The van der Waals surface area contributed by atoms with Crippen LogP contribution in [0.5, 0.6) is 0 Å². The number of methoxy groups -OCH3 is 1. The molecule has 4 heteroatoms. The second-order valence-corrected chi connectivity index (χ2v) is 4.00. The lowest BCUT2D eigenvalue weighted by Gasteiger charge is -2.11. The van der Waals surface area contributed by atoms with Gasteiger partial charge in [0.25, 0.3) is 0 Å². The molecule has 72 valence electrons. The van der Waals surface area contributed by atoms with E-state index in [2.05, 4.69) is 15.9 Å². The highest BCUT2D eigenvalue weighted by atomic mass is 79.9. The highest BCUT2D eigenvalue weighted by molar-refractivity contribution is 9.10. The van der Waals surface area contributed by atoms with Crippen LogP contribution in [0, 0.1) is 0 Å². The van der Waals surface area contributed by atoms with Crippen LogP contribution in [0.4, 0.5) is 0 Å². The normalized spacial score (nSPS) is 12.9. The Labute approximate surface area is 91.2 Å². The van der Waals surface area contributed by atoms with Gasteiger partial charge < -0.3 is 10.5 Å². The molecule has 0 bridgehead atoms. The molecule has 2 N–H and O–H groups in total. The fourth-order valence-electron chi connectivity index (χ4n) is 1.02. The van der Waals surface area contributed by atoms with E-state index in [1.165, 1.54) is 0 Å². The third-order valence-corrected chi connectivity index (χ3v) is 2.93. The molecule has 0 radical (unpaired) electrons. The second-order valence-electron chi connectivity index (χ2n) is 2.74. The molecule has 0 aliphatic rings. The van der Waals surface area contributed by atoms with E-state index in [1.807, 2.05) is 18.2 Å². The third-order valence-electron chi connectivity index (χ3n) is 1.72. The minimum absolute atomic E-state index is 0.0985. The maximum Gasteiger partial charge on any atom is 0.0655 e. The van der Waals surface area contributed by atoms with Gasteiger partial charge in [-0.3, -0.25) is 0 Å². The first-order valence-corrected chi connectivity index (χ1v) is 5.01. The Kier molecular flexibility index (Phi) is 4.19. The Balaban J connectivity index is 2.84. The van der Waals surface area contributed by atoms with E-state index in [-0.39, 0.29) is 6.04 Å². The average molecular weight is 265 g/mol. The van der Waals surface area contributed by atoms with Crippen LogP contribution in [0.2, 0.25) is 5.02 Å². The predicted octanol–water partition coefficient (Wildman–Crippen LogP) is 2.75. The molecule has 0 fully saturated rings. The fraction of sp³-hybridized carbons (Fsp3) is 0.333. The molecule has 1 unspecified atom stereocenters. The zero-order valence-electron chi connectivity index (χ0n) is 7.26. The summed E-state index contributed by atoms with van der Waals surface area (Å²) in [5, 5.41) is 0.688. The number of nitrogens with two attached hydrogens (primary N) is 1. The zero-order valence-corrected chi connectivity index (χ0v) is 9.60. The third kappa shape index (κ3) is 2.95. The molecule has 0 aliphatic heterocycles. The van der Waals surface area contributed by atoms with Crippen LogP contribution >= 0.6 is 27.5 Å². The topological polar surface area (TPSA) is 35.2 Å². The second kappa shape index (κ2) is 4.96. The van der Waals surface area contributed by atoms with Gasteiger partial charge in [0.1, 0.15) is 0 Å². The first kappa shape index (κ1) is 11.0. The molecule has 0 saturated carbocycles. The Bertz CT molecular complexity index is 293. The van der Waals surface area contributed by atoms with Crippen molar-refractivity contribution >= 4 is 27.5 Å². The summed E-state index contributed by atoms with van der Waals surface area (Å²) in [6, 6.07) is 5.53. The van der Waals surface area contributed by atoms with Crippen molar-refractivity contribution in [3.63, 3.8) is 0 Å². The minimum Gasteiger partial charge on any atom is -0.383 e. The van der Waals surface area contributed by atoms with Gasteiger partial charge in [-0.25, -0.2) is 0 Å². The first-order valence-electron chi connectivity index (χ1n) is 3.84. The van der Waals surface area contributed by atoms with Crippen LogP contribution in [0.15, 0.2) is 22.7 Å². The van der Waals surface area contributed by atoms with E-state index >= 15 is 0 Å². The van der Waals surface area contributed by atoms with E-state index in [1.54, 1.807) is 7.11 Å². The standard InChI is InChI=1S/C9H11BrClNO/c1-13-5-9(12)6-2-3-8(11)7(10)4-6/h2-4,9H,5,12H2,1H3. The maximum atomic E-state index is 5.84. The number of rotatable bonds is 3. The molecule has 0 aliphatic carbocycles. The van der Waals surface area contributed by atoms with Gasteiger partial charge in [-0.1, -0.05) is 17.7 Å². The quantitative estimate of drug-likeness (QED) is 0.911. The lowest BCUT2D eigenvalue weighted by atomic mass is 10.1. The molecule has 0 heterocycles. The van der Waals surface area contributed by atoms with Crippen molar-refractivity contribution in [1.82, 2.24) is 0 Å². The molecule has 1 rings (SSSR count). The summed E-state index contributed by atoms with van der Waals surface area (Å²) in [6.45, 7) is 0.508. The van der Waals surface area contributed by atoms with Crippen LogP contribution in [0.1, 0.15) is 11.6 Å². The maximum absolute atomic E-state index is 5.84. The molecule has 0 aromatic heterocycles. The molecule has 0 spiro atoms. The van der Waals surface area contributed by atoms with Gasteiger partial charge in [-0.15, -0.1) is 0 Å². The number of benzene rings is 1. The van der Waals surface area contributed by atoms with Crippen molar-refractivity contribution in [2.75, 3.05) is 13.7 Å². The Morgan fingerprint density at radius 3 is 2.85 bits per heavy atom. The number of ether oxygens (including phenoxy) is 1. The number of hydrogen-bond acceptors (Lipinski definition) is 2. The molecule has 0 amide bonds. The van der Waals surface area contributed by atoms with E-state index in [4.69, 9.17) is 22.1 Å². The summed E-state index contributed by atoms with van der Waals surface area (Å²) in [7, 11) is 1.63. The van der Waals surface area contributed by atoms with Crippen LogP contribution in [0.3, 0.4) is 0 Å². The largest absolute Gasteiger partial charge is 0.383 e. The summed E-state index contributed by atoms with van der Waals surface area (Å²) in [4.78, 5) is 0. The van der Waals surface area contributed by atoms with Gasteiger partial charge in [0, 0.05) is 11.6 Å². The van der Waals surface area contributed by atoms with Crippen molar-refractivity contribution in [3.05, 3.63) is 33.3 Å². The van der Waals surface area contributed by atoms with Crippen molar-refractivity contribution < 1.29 is 4.74 Å². The van der Waals surface area contributed by atoms with Gasteiger partial charge in [0.2, 0.25) is 0 Å². The highest BCUT2D eigenvalue weighted by Crippen LogP contribution is 2.25. The predicted molar refractivity (Wildman–Crippen MR) is 58.0 cm³/mol. The number of hydrogen-bond donors (Lipinski definition) is 1. The van der Waals surface area contributed by atoms with Crippen LogP contribution in [0.25, 0.3) is 0 Å². The van der Waals surface area contributed by atoms with Crippen LogP contribution < -0.4 is 5.73 Å². The molecular formula is C9H11BrClNO. The van der Waals surface area contributed by atoms with Gasteiger partial charge in [0.05, 0.1) is 17.7 Å². The van der Waals surface area contributed by atoms with Gasteiger partial charge in [-0.2, -0.15) is 0 Å². The summed E-state index contributed by atoms with van der Waals surface area (Å²) in [5.41, 5.74) is 6.85. The molecule has 1 atom stereocenters. The van der Waals surface area contributed by atoms with E-state index in [0.717, 1.165) is 10.0 Å². The molecule has 1 aromatic carbocycles. The Morgan fingerprint density at radius 1 is 1.62 bits per heavy atom. The summed E-state index contributed by atoms with van der Waals surface area (Å²) >= 11 is 9.18. The summed E-state index contributed by atoms with van der Waals surface area (Å²) in [5.74, 6) is 0. The Morgan fingerprint density at radius 2 is 2.31 bits per heavy atom. The van der Waals surface area contributed by atoms with Crippen LogP contribution in [-0.2, 0) is 4.74 Å². The van der Waals surface area contributed by atoms with Crippen molar-refractivity contribution in [1.29, 1.82) is 0 Å². The van der Waals surface area contributed by atoms with Crippen molar-refractivity contribution in [2.24, 2.45) is 5.73 Å². The van der Waals surface area contributed by atoms with E-state index < -0.39 is 0 Å². The van der Waals surface area contributed by atoms with Crippen molar-refractivity contribution in [3.8, 4) is 0 Å². The monoisotopic (exact) mass is 263 g/mol.